The maximum absolute atomic E-state index is 11.1. The van der Waals surface area contributed by atoms with Crippen LogP contribution < -0.4 is 10.6 Å². The number of aliphatic hydroxyl groups excluding tert-OH is 1. The highest BCUT2D eigenvalue weighted by atomic mass is 16.5. The summed E-state index contributed by atoms with van der Waals surface area (Å²) in [5.74, 6) is 0.0356. The summed E-state index contributed by atoms with van der Waals surface area (Å²) >= 11 is 0. The molecule has 0 saturated carbocycles. The van der Waals surface area contributed by atoms with Gasteiger partial charge in [-0.3, -0.25) is 4.79 Å². The Morgan fingerprint density at radius 3 is 2.93 bits per heavy atom. The van der Waals surface area contributed by atoms with Crippen LogP contribution >= 0.6 is 0 Å². The molecule has 1 aliphatic heterocycles. The molecule has 0 bridgehead atoms. The van der Waals surface area contributed by atoms with Gasteiger partial charge in [0.25, 0.3) is 0 Å². The van der Waals surface area contributed by atoms with Gasteiger partial charge in [-0.15, -0.1) is 0 Å². The Labute approximate surface area is 83.8 Å². The van der Waals surface area contributed by atoms with Crippen LogP contribution in [0.1, 0.15) is 13.3 Å². The SMILES string of the molecule is CCNC(=O)CCNC1COCC1O. The smallest absolute Gasteiger partial charge is 0.221 e. The molecular weight excluding hydrogens is 184 g/mol. The van der Waals surface area contributed by atoms with Crippen molar-refractivity contribution in [1.29, 1.82) is 0 Å². The van der Waals surface area contributed by atoms with E-state index in [1.807, 2.05) is 6.92 Å². The molecule has 5 nitrogen and oxygen atoms in total. The minimum atomic E-state index is -0.441. The summed E-state index contributed by atoms with van der Waals surface area (Å²) in [6.45, 7) is 4.04. The van der Waals surface area contributed by atoms with Crippen LogP contribution in [0.5, 0.6) is 0 Å². The fourth-order valence-corrected chi connectivity index (χ4v) is 1.39. The fourth-order valence-electron chi connectivity index (χ4n) is 1.39. The van der Waals surface area contributed by atoms with E-state index >= 15 is 0 Å². The molecule has 0 spiro atoms. The number of rotatable bonds is 5. The maximum atomic E-state index is 11.1. The molecule has 14 heavy (non-hydrogen) atoms. The van der Waals surface area contributed by atoms with Crippen molar-refractivity contribution in [3.05, 3.63) is 0 Å². The molecule has 1 fully saturated rings. The third-order valence-corrected chi connectivity index (χ3v) is 2.18. The molecule has 1 saturated heterocycles. The first kappa shape index (κ1) is 11.4. The van der Waals surface area contributed by atoms with Gasteiger partial charge in [0.2, 0.25) is 5.91 Å². The largest absolute Gasteiger partial charge is 0.389 e. The maximum Gasteiger partial charge on any atom is 0.221 e. The first-order chi connectivity index (χ1) is 6.74. The van der Waals surface area contributed by atoms with Gasteiger partial charge in [0.1, 0.15) is 0 Å². The number of hydrogen-bond acceptors (Lipinski definition) is 4. The second-order valence-corrected chi connectivity index (χ2v) is 3.37. The first-order valence-electron chi connectivity index (χ1n) is 5.00. The van der Waals surface area contributed by atoms with Gasteiger partial charge in [-0.2, -0.15) is 0 Å². The molecular formula is C9H18N2O3. The molecule has 1 aliphatic rings. The molecule has 0 aliphatic carbocycles. The predicted molar refractivity (Wildman–Crippen MR) is 51.9 cm³/mol. The number of hydrogen-bond donors (Lipinski definition) is 3. The number of nitrogens with one attached hydrogen (secondary N) is 2. The van der Waals surface area contributed by atoms with Crippen LogP contribution in [0.2, 0.25) is 0 Å². The Morgan fingerprint density at radius 2 is 2.36 bits per heavy atom. The number of amides is 1. The Morgan fingerprint density at radius 1 is 1.57 bits per heavy atom. The molecule has 0 aromatic carbocycles. The van der Waals surface area contributed by atoms with Crippen molar-refractivity contribution in [3.8, 4) is 0 Å². The van der Waals surface area contributed by atoms with Crippen LogP contribution in [0, 0.1) is 0 Å². The van der Waals surface area contributed by atoms with E-state index in [1.165, 1.54) is 0 Å². The number of aliphatic hydroxyl groups is 1. The molecule has 3 N–H and O–H groups in total. The van der Waals surface area contributed by atoms with Gasteiger partial charge < -0.3 is 20.5 Å². The van der Waals surface area contributed by atoms with Gasteiger partial charge in [0.15, 0.2) is 0 Å². The van der Waals surface area contributed by atoms with Crippen LogP contribution in [-0.2, 0) is 9.53 Å². The highest BCUT2D eigenvalue weighted by Gasteiger charge is 2.25. The predicted octanol–water partition coefficient (Wildman–Crippen LogP) is -1.14. The van der Waals surface area contributed by atoms with Crippen molar-refractivity contribution in [2.75, 3.05) is 26.3 Å². The normalized spacial score (nSPS) is 26.4. The highest BCUT2D eigenvalue weighted by molar-refractivity contribution is 5.75. The first-order valence-corrected chi connectivity index (χ1v) is 5.00. The lowest BCUT2D eigenvalue weighted by molar-refractivity contribution is -0.120. The lowest BCUT2D eigenvalue weighted by Gasteiger charge is -2.13. The van der Waals surface area contributed by atoms with Gasteiger partial charge in [-0.1, -0.05) is 0 Å². The number of carbonyl (C=O) groups excluding carboxylic acids is 1. The second kappa shape index (κ2) is 5.95. The summed E-state index contributed by atoms with van der Waals surface area (Å²) < 4.78 is 5.06. The molecule has 0 aromatic heterocycles. The zero-order chi connectivity index (χ0) is 10.4. The van der Waals surface area contributed by atoms with Crippen LogP contribution in [0.25, 0.3) is 0 Å². The van der Waals surface area contributed by atoms with E-state index in [4.69, 9.17) is 4.74 Å². The Balaban J connectivity index is 2.06. The summed E-state index contributed by atoms with van der Waals surface area (Å²) in [4.78, 5) is 11.1. The van der Waals surface area contributed by atoms with Gasteiger partial charge in [-0.05, 0) is 6.92 Å². The number of carbonyl (C=O) groups is 1. The van der Waals surface area contributed by atoms with E-state index in [-0.39, 0.29) is 11.9 Å². The molecule has 1 rings (SSSR count). The van der Waals surface area contributed by atoms with E-state index in [0.717, 1.165) is 0 Å². The molecule has 5 heteroatoms. The third-order valence-electron chi connectivity index (χ3n) is 2.18. The topological polar surface area (TPSA) is 70.6 Å². The van der Waals surface area contributed by atoms with Crippen molar-refractivity contribution < 1.29 is 14.6 Å². The molecule has 2 atom stereocenters. The Bertz CT molecular complexity index is 187. The van der Waals surface area contributed by atoms with Crippen LogP contribution in [0.15, 0.2) is 0 Å². The zero-order valence-electron chi connectivity index (χ0n) is 8.45. The van der Waals surface area contributed by atoms with E-state index in [1.54, 1.807) is 0 Å². The molecule has 0 radical (unpaired) electrons. The Kier molecular flexibility index (Phi) is 4.86. The van der Waals surface area contributed by atoms with E-state index in [0.29, 0.717) is 32.7 Å². The van der Waals surface area contributed by atoms with E-state index in [2.05, 4.69) is 10.6 Å². The summed E-state index contributed by atoms with van der Waals surface area (Å²) in [6.07, 6.45) is 0.00101. The van der Waals surface area contributed by atoms with Crippen LogP contribution in [0.3, 0.4) is 0 Å². The van der Waals surface area contributed by atoms with E-state index in [9.17, 15) is 9.90 Å². The average Bonchev–Trinajstić information content (AvgIpc) is 2.52. The monoisotopic (exact) mass is 202 g/mol. The quantitative estimate of drug-likeness (QED) is 0.527. The average molecular weight is 202 g/mol. The van der Waals surface area contributed by atoms with Gasteiger partial charge in [0, 0.05) is 19.5 Å². The highest BCUT2D eigenvalue weighted by Crippen LogP contribution is 2.04. The van der Waals surface area contributed by atoms with Crippen molar-refractivity contribution >= 4 is 5.91 Å². The van der Waals surface area contributed by atoms with Crippen molar-refractivity contribution in [2.45, 2.75) is 25.5 Å². The van der Waals surface area contributed by atoms with Crippen LogP contribution in [-0.4, -0.2) is 49.5 Å². The fraction of sp³-hybridized carbons (Fsp3) is 0.889. The minimum Gasteiger partial charge on any atom is -0.389 e. The summed E-state index contributed by atoms with van der Waals surface area (Å²) in [5.41, 5.74) is 0. The van der Waals surface area contributed by atoms with Gasteiger partial charge in [-0.25, -0.2) is 0 Å². The lowest BCUT2D eigenvalue weighted by Crippen LogP contribution is -2.40. The van der Waals surface area contributed by atoms with Gasteiger partial charge in [0.05, 0.1) is 25.4 Å². The minimum absolute atomic E-state index is 0.0237. The van der Waals surface area contributed by atoms with E-state index < -0.39 is 6.10 Å². The lowest BCUT2D eigenvalue weighted by atomic mass is 10.2. The molecule has 0 aromatic rings. The van der Waals surface area contributed by atoms with Crippen molar-refractivity contribution in [3.63, 3.8) is 0 Å². The standard InChI is InChI=1S/C9H18N2O3/c1-2-10-9(13)3-4-11-7-5-14-6-8(7)12/h7-8,11-12H,2-6H2,1H3,(H,10,13). The zero-order valence-corrected chi connectivity index (χ0v) is 8.45. The van der Waals surface area contributed by atoms with Gasteiger partial charge >= 0.3 is 0 Å². The summed E-state index contributed by atoms with van der Waals surface area (Å²) in [5, 5.41) is 15.2. The summed E-state index contributed by atoms with van der Waals surface area (Å²) in [6, 6.07) is -0.0237. The number of ether oxygens (including phenoxy) is 1. The molecule has 1 heterocycles. The van der Waals surface area contributed by atoms with Crippen LogP contribution in [0.4, 0.5) is 0 Å². The van der Waals surface area contributed by atoms with Crippen molar-refractivity contribution in [1.82, 2.24) is 10.6 Å². The molecule has 1 amide bonds. The van der Waals surface area contributed by atoms with Crippen molar-refractivity contribution in [2.24, 2.45) is 0 Å². The molecule has 2 unspecified atom stereocenters. The third kappa shape index (κ3) is 3.61. The molecule has 82 valence electrons. The summed E-state index contributed by atoms with van der Waals surface area (Å²) in [7, 11) is 0. The second-order valence-electron chi connectivity index (χ2n) is 3.37. The Hall–Kier alpha value is -0.650.